The van der Waals surface area contributed by atoms with E-state index in [1.54, 1.807) is 12.5 Å². The molecule has 0 spiro atoms. The van der Waals surface area contributed by atoms with Crippen LogP contribution >= 0.6 is 0 Å². The topological polar surface area (TPSA) is 26.3 Å². The van der Waals surface area contributed by atoms with Gasteiger partial charge in [-0.2, -0.15) is 0 Å². The fourth-order valence-electron chi connectivity index (χ4n) is 8.80. The predicted octanol–water partition coefficient (Wildman–Crippen LogP) is 7.96. The van der Waals surface area contributed by atoms with E-state index in [9.17, 15) is 4.79 Å². The molecule has 8 atom stereocenters. The number of ether oxygens (including phenoxy) is 1. The van der Waals surface area contributed by atoms with E-state index in [1.807, 2.05) is 0 Å². The molecule has 4 rings (SSSR count). The van der Waals surface area contributed by atoms with Gasteiger partial charge in [-0.1, -0.05) is 53.2 Å². The highest BCUT2D eigenvalue weighted by atomic mass is 16.5. The Morgan fingerprint density at radius 3 is 2.55 bits per heavy atom. The van der Waals surface area contributed by atoms with Crippen LogP contribution in [0.5, 0.6) is 0 Å². The number of hydrogen-bond donors (Lipinski definition) is 0. The van der Waals surface area contributed by atoms with Crippen LogP contribution in [0.1, 0.15) is 113 Å². The number of allylic oxidation sites excluding steroid dienone is 1. The average molecular weight is 429 g/mol. The van der Waals surface area contributed by atoms with Crippen LogP contribution in [-0.4, -0.2) is 12.1 Å². The lowest BCUT2D eigenvalue weighted by Crippen LogP contribution is -2.51. The van der Waals surface area contributed by atoms with Crippen molar-refractivity contribution in [3.05, 3.63) is 11.6 Å². The summed E-state index contributed by atoms with van der Waals surface area (Å²) in [7, 11) is 0. The molecule has 0 aromatic carbocycles. The molecular weight excluding hydrogens is 380 g/mol. The van der Waals surface area contributed by atoms with Crippen molar-refractivity contribution in [3.8, 4) is 0 Å². The summed E-state index contributed by atoms with van der Waals surface area (Å²) in [6.45, 7) is 16.5. The normalized spacial score (nSPS) is 43.3. The number of carbonyl (C=O) groups excluding carboxylic acids is 1. The van der Waals surface area contributed by atoms with Gasteiger partial charge >= 0.3 is 5.97 Å². The number of fused-ring (bicyclic) bond motifs is 5. The van der Waals surface area contributed by atoms with E-state index in [4.69, 9.17) is 4.74 Å². The third kappa shape index (κ3) is 4.26. The number of hydrogen-bond acceptors (Lipinski definition) is 2. The van der Waals surface area contributed by atoms with Crippen LogP contribution in [0.4, 0.5) is 0 Å². The zero-order valence-electron chi connectivity index (χ0n) is 21.4. The Bertz CT molecular complexity index is 715. The maximum Gasteiger partial charge on any atom is 0.302 e. The van der Waals surface area contributed by atoms with Crippen molar-refractivity contribution in [3.63, 3.8) is 0 Å². The van der Waals surface area contributed by atoms with Crippen molar-refractivity contribution in [2.75, 3.05) is 0 Å². The molecule has 0 unspecified atom stereocenters. The summed E-state index contributed by atoms with van der Waals surface area (Å²) in [6, 6.07) is 0. The lowest BCUT2D eigenvalue weighted by Gasteiger charge is -2.58. The second-order valence-electron chi connectivity index (χ2n) is 13.5. The largest absolute Gasteiger partial charge is 0.462 e. The molecule has 0 heterocycles. The van der Waals surface area contributed by atoms with Gasteiger partial charge in [0.15, 0.2) is 0 Å². The van der Waals surface area contributed by atoms with E-state index in [-0.39, 0.29) is 12.1 Å². The standard InChI is InChI=1S/C29H48O2/c1-19(12-15-27(3,4)5)24-10-11-25-23-9-8-21-18-22(31-20(2)30)13-16-28(21,6)26(23)14-17-29(24,25)7/h8,19,22-26H,9-18H2,1-7H3/t19-,22+,23+,24-,25+,26+,28+,29-/m1/s1. The first-order valence-corrected chi connectivity index (χ1v) is 13.3. The molecule has 0 bridgehead atoms. The van der Waals surface area contributed by atoms with Crippen LogP contribution in [0.3, 0.4) is 0 Å². The Balaban J connectivity index is 1.49. The molecule has 0 saturated heterocycles. The zero-order chi connectivity index (χ0) is 22.6. The van der Waals surface area contributed by atoms with Gasteiger partial charge in [-0.3, -0.25) is 4.79 Å². The third-order valence-corrected chi connectivity index (χ3v) is 10.5. The molecule has 2 heteroatoms. The monoisotopic (exact) mass is 428 g/mol. The van der Waals surface area contributed by atoms with E-state index in [2.05, 4.69) is 47.6 Å². The maximum atomic E-state index is 11.5. The molecule has 4 aliphatic rings. The Hall–Kier alpha value is -0.790. The molecule has 3 saturated carbocycles. The first-order chi connectivity index (χ1) is 14.4. The van der Waals surface area contributed by atoms with E-state index in [0.29, 0.717) is 16.2 Å². The molecule has 4 aliphatic carbocycles. The van der Waals surface area contributed by atoms with Gasteiger partial charge in [-0.15, -0.1) is 0 Å². The van der Waals surface area contributed by atoms with E-state index >= 15 is 0 Å². The van der Waals surface area contributed by atoms with Crippen LogP contribution < -0.4 is 0 Å². The van der Waals surface area contributed by atoms with Gasteiger partial charge in [0.05, 0.1) is 0 Å². The Morgan fingerprint density at radius 2 is 1.87 bits per heavy atom. The van der Waals surface area contributed by atoms with Crippen molar-refractivity contribution in [1.29, 1.82) is 0 Å². The predicted molar refractivity (Wildman–Crippen MR) is 129 cm³/mol. The summed E-state index contributed by atoms with van der Waals surface area (Å²) in [6.07, 6.45) is 15.7. The maximum absolute atomic E-state index is 11.5. The van der Waals surface area contributed by atoms with Crippen LogP contribution in [0.2, 0.25) is 0 Å². The summed E-state index contributed by atoms with van der Waals surface area (Å²) < 4.78 is 5.61. The van der Waals surface area contributed by atoms with Gasteiger partial charge in [0.1, 0.15) is 6.10 Å². The highest BCUT2D eigenvalue weighted by molar-refractivity contribution is 5.66. The van der Waals surface area contributed by atoms with Gasteiger partial charge in [-0.25, -0.2) is 0 Å². The van der Waals surface area contributed by atoms with Gasteiger partial charge in [-0.05, 0) is 104 Å². The summed E-state index contributed by atoms with van der Waals surface area (Å²) in [4.78, 5) is 11.5. The summed E-state index contributed by atoms with van der Waals surface area (Å²) in [5.41, 5.74) is 2.96. The van der Waals surface area contributed by atoms with E-state index in [0.717, 1.165) is 42.4 Å². The molecule has 0 N–H and O–H groups in total. The van der Waals surface area contributed by atoms with Gasteiger partial charge in [0, 0.05) is 13.3 Å². The first-order valence-electron chi connectivity index (χ1n) is 13.3. The van der Waals surface area contributed by atoms with Crippen LogP contribution in [0, 0.1) is 45.8 Å². The molecular formula is C29H48O2. The Kier molecular flexibility index (Phi) is 6.19. The fourth-order valence-corrected chi connectivity index (χ4v) is 8.80. The Morgan fingerprint density at radius 1 is 1.13 bits per heavy atom. The lowest BCUT2D eigenvalue weighted by atomic mass is 9.47. The quantitative estimate of drug-likeness (QED) is 0.335. The van der Waals surface area contributed by atoms with Crippen molar-refractivity contribution < 1.29 is 9.53 Å². The van der Waals surface area contributed by atoms with Crippen molar-refractivity contribution in [2.45, 2.75) is 119 Å². The lowest BCUT2D eigenvalue weighted by molar-refractivity contribution is -0.148. The first kappa shape index (κ1) is 23.4. The molecule has 176 valence electrons. The highest BCUT2D eigenvalue weighted by Crippen LogP contribution is 2.67. The number of rotatable bonds is 4. The summed E-state index contributed by atoms with van der Waals surface area (Å²) in [5, 5.41) is 0. The number of esters is 1. The molecule has 0 aromatic rings. The molecule has 2 nitrogen and oxygen atoms in total. The van der Waals surface area contributed by atoms with E-state index < -0.39 is 0 Å². The van der Waals surface area contributed by atoms with Crippen molar-refractivity contribution in [2.24, 2.45) is 45.8 Å². The molecule has 0 aliphatic heterocycles. The van der Waals surface area contributed by atoms with Gasteiger partial charge < -0.3 is 4.74 Å². The Labute approximate surface area is 192 Å². The van der Waals surface area contributed by atoms with Crippen LogP contribution in [-0.2, 0) is 9.53 Å². The molecule has 0 radical (unpaired) electrons. The van der Waals surface area contributed by atoms with Crippen LogP contribution in [0.25, 0.3) is 0 Å². The molecule has 0 amide bonds. The second kappa shape index (κ2) is 8.21. The van der Waals surface area contributed by atoms with Gasteiger partial charge in [0.2, 0.25) is 0 Å². The van der Waals surface area contributed by atoms with Gasteiger partial charge in [0.25, 0.3) is 0 Å². The molecule has 0 aromatic heterocycles. The van der Waals surface area contributed by atoms with E-state index in [1.165, 1.54) is 51.4 Å². The minimum absolute atomic E-state index is 0.113. The third-order valence-electron chi connectivity index (χ3n) is 10.5. The molecule has 3 fully saturated rings. The molecule has 31 heavy (non-hydrogen) atoms. The summed E-state index contributed by atoms with van der Waals surface area (Å²) in [5.74, 6) is 4.28. The smallest absolute Gasteiger partial charge is 0.302 e. The zero-order valence-corrected chi connectivity index (χ0v) is 21.4. The van der Waals surface area contributed by atoms with Crippen LogP contribution in [0.15, 0.2) is 11.6 Å². The SMILES string of the molecule is CC(=O)O[C@H]1CC[C@@]2(C)C(=CC[C@H]3[C@@H]4CC[C@H]([C@H](C)CCC(C)(C)C)[C@@]4(C)CC[C@@H]32)C1. The fraction of sp³-hybridized carbons (Fsp3) is 0.897. The van der Waals surface area contributed by atoms with Crippen molar-refractivity contribution >= 4 is 5.97 Å². The van der Waals surface area contributed by atoms with Crippen molar-refractivity contribution in [1.82, 2.24) is 0 Å². The summed E-state index contributed by atoms with van der Waals surface area (Å²) >= 11 is 0. The minimum Gasteiger partial charge on any atom is -0.462 e. The second-order valence-corrected chi connectivity index (χ2v) is 13.5. The average Bonchev–Trinajstić information content (AvgIpc) is 3.03. The number of carbonyl (C=O) groups is 1. The minimum atomic E-state index is -0.117. The highest BCUT2D eigenvalue weighted by Gasteiger charge is 2.59.